The van der Waals surface area contributed by atoms with E-state index in [9.17, 15) is 4.79 Å². The van der Waals surface area contributed by atoms with Crippen LogP contribution in [0, 0.1) is 0 Å². The molecule has 1 aromatic heterocycles. The van der Waals surface area contributed by atoms with Crippen molar-refractivity contribution in [3.8, 4) is 0 Å². The molecule has 0 amide bonds. The molecule has 5 nitrogen and oxygen atoms in total. The van der Waals surface area contributed by atoms with E-state index in [1.54, 1.807) is 17.0 Å². The van der Waals surface area contributed by atoms with Gasteiger partial charge in [-0.1, -0.05) is 60.7 Å². The highest BCUT2D eigenvalue weighted by atomic mass is 16.1. The van der Waals surface area contributed by atoms with Crippen molar-refractivity contribution < 1.29 is 0 Å². The molecule has 0 N–H and O–H groups in total. The number of hydrogen-bond acceptors (Lipinski definition) is 4. The number of nitrogens with zero attached hydrogens (tertiary/aromatic N) is 4. The third kappa shape index (κ3) is 3.71. The summed E-state index contributed by atoms with van der Waals surface area (Å²) in [7, 11) is 0. The highest BCUT2D eigenvalue weighted by Gasteiger charge is 2.27. The lowest BCUT2D eigenvalue weighted by Gasteiger charge is -2.40. The quantitative estimate of drug-likeness (QED) is 0.688. The second-order valence-electron chi connectivity index (χ2n) is 7.09. The van der Waals surface area contributed by atoms with Crippen LogP contribution in [-0.4, -0.2) is 40.6 Å². The second kappa shape index (κ2) is 8.40. The maximum Gasteiger partial charge on any atom is 0.293 e. The van der Waals surface area contributed by atoms with E-state index in [0.717, 1.165) is 26.2 Å². The lowest BCUT2D eigenvalue weighted by Crippen LogP contribution is -2.49. The van der Waals surface area contributed by atoms with E-state index in [1.807, 2.05) is 6.92 Å². The summed E-state index contributed by atoms with van der Waals surface area (Å²) in [4.78, 5) is 21.6. The number of hydrogen-bond donors (Lipinski definition) is 0. The number of rotatable bonds is 5. The number of benzene rings is 2. The van der Waals surface area contributed by atoms with E-state index in [2.05, 4.69) is 75.4 Å². The van der Waals surface area contributed by atoms with E-state index < -0.39 is 0 Å². The number of aryl methyl sites for hydroxylation is 1. The topological polar surface area (TPSA) is 41.4 Å². The highest BCUT2D eigenvalue weighted by molar-refractivity contribution is 5.37. The van der Waals surface area contributed by atoms with Gasteiger partial charge in [0.1, 0.15) is 0 Å². The van der Waals surface area contributed by atoms with Crippen molar-refractivity contribution in [2.45, 2.75) is 19.5 Å². The Labute approximate surface area is 165 Å². The average Bonchev–Trinajstić information content (AvgIpc) is 2.76. The fraction of sp³-hybridized carbons (Fsp3) is 0.304. The van der Waals surface area contributed by atoms with Gasteiger partial charge >= 0.3 is 0 Å². The van der Waals surface area contributed by atoms with Crippen LogP contribution in [0.4, 0.5) is 5.82 Å². The smallest absolute Gasteiger partial charge is 0.293 e. The Bertz CT molecular complexity index is 908. The van der Waals surface area contributed by atoms with Crippen LogP contribution in [0.25, 0.3) is 0 Å². The first kappa shape index (κ1) is 18.4. The molecule has 28 heavy (non-hydrogen) atoms. The van der Waals surface area contributed by atoms with Crippen molar-refractivity contribution >= 4 is 5.82 Å². The molecule has 0 spiro atoms. The van der Waals surface area contributed by atoms with Crippen molar-refractivity contribution in [2.75, 3.05) is 31.1 Å². The molecule has 5 heteroatoms. The predicted octanol–water partition coefficient (Wildman–Crippen LogP) is 3.17. The summed E-state index contributed by atoms with van der Waals surface area (Å²) in [5, 5.41) is 0. The van der Waals surface area contributed by atoms with Crippen LogP contribution in [0.2, 0.25) is 0 Å². The van der Waals surface area contributed by atoms with Crippen molar-refractivity contribution in [1.82, 2.24) is 14.5 Å². The third-order valence-electron chi connectivity index (χ3n) is 5.45. The van der Waals surface area contributed by atoms with Gasteiger partial charge < -0.3 is 9.47 Å². The Morgan fingerprint density at radius 1 is 0.893 bits per heavy atom. The molecule has 3 aromatic rings. The normalized spacial score (nSPS) is 15.1. The van der Waals surface area contributed by atoms with Crippen LogP contribution in [0.15, 0.2) is 77.9 Å². The summed E-state index contributed by atoms with van der Waals surface area (Å²) < 4.78 is 1.71. The highest BCUT2D eigenvalue weighted by Crippen LogP contribution is 2.29. The van der Waals surface area contributed by atoms with Crippen LogP contribution >= 0.6 is 0 Å². The summed E-state index contributed by atoms with van der Waals surface area (Å²) in [5.74, 6) is 0.569. The van der Waals surface area contributed by atoms with Gasteiger partial charge in [0.2, 0.25) is 0 Å². The lowest BCUT2D eigenvalue weighted by atomic mass is 9.96. The zero-order valence-corrected chi connectivity index (χ0v) is 16.2. The molecule has 1 fully saturated rings. The van der Waals surface area contributed by atoms with Gasteiger partial charge in [0.25, 0.3) is 5.56 Å². The monoisotopic (exact) mass is 374 g/mol. The predicted molar refractivity (Wildman–Crippen MR) is 113 cm³/mol. The standard InChI is InChI=1S/C23H26N4O/c1-2-25-14-13-24-22(23(25)28)27-17-15-26(16-18-27)21(19-9-5-3-6-10-19)20-11-7-4-8-12-20/h3-14,21H,2,15-18H2,1H3. The molecule has 0 atom stereocenters. The van der Waals surface area contributed by atoms with Crippen LogP contribution in [0.1, 0.15) is 24.1 Å². The van der Waals surface area contributed by atoms with E-state index >= 15 is 0 Å². The molecular weight excluding hydrogens is 348 g/mol. The number of anilines is 1. The Morgan fingerprint density at radius 3 is 2.00 bits per heavy atom. The summed E-state index contributed by atoms with van der Waals surface area (Å²) in [6, 6.07) is 21.5. The maximum absolute atomic E-state index is 12.6. The van der Waals surface area contributed by atoms with Gasteiger partial charge in [0.15, 0.2) is 5.82 Å². The lowest BCUT2D eigenvalue weighted by molar-refractivity contribution is 0.211. The Kier molecular flexibility index (Phi) is 5.53. The molecular formula is C23H26N4O. The van der Waals surface area contributed by atoms with Gasteiger partial charge in [-0.05, 0) is 18.1 Å². The third-order valence-corrected chi connectivity index (χ3v) is 5.45. The minimum Gasteiger partial charge on any atom is -0.349 e. The molecule has 144 valence electrons. The van der Waals surface area contributed by atoms with Crippen molar-refractivity contribution in [3.05, 3.63) is 94.5 Å². The SMILES string of the molecule is CCn1ccnc(N2CCN(C(c3ccccc3)c3ccccc3)CC2)c1=O. The molecule has 0 radical (unpaired) electrons. The van der Waals surface area contributed by atoms with Gasteiger partial charge in [-0.15, -0.1) is 0 Å². The molecule has 0 bridgehead atoms. The molecule has 0 unspecified atom stereocenters. The molecule has 0 saturated carbocycles. The molecule has 1 aliphatic rings. The van der Waals surface area contributed by atoms with E-state index in [1.165, 1.54) is 11.1 Å². The van der Waals surface area contributed by atoms with Gasteiger partial charge in [-0.3, -0.25) is 9.69 Å². The van der Waals surface area contributed by atoms with Crippen LogP contribution in [-0.2, 0) is 6.54 Å². The summed E-state index contributed by atoms with van der Waals surface area (Å²) in [6.45, 7) is 6.01. The van der Waals surface area contributed by atoms with Crippen molar-refractivity contribution in [1.29, 1.82) is 0 Å². The van der Waals surface area contributed by atoms with Crippen LogP contribution in [0.3, 0.4) is 0 Å². The second-order valence-corrected chi connectivity index (χ2v) is 7.09. The largest absolute Gasteiger partial charge is 0.349 e. The fourth-order valence-electron chi connectivity index (χ4n) is 3.98. The van der Waals surface area contributed by atoms with Gasteiger partial charge in [-0.2, -0.15) is 0 Å². The van der Waals surface area contributed by atoms with Crippen molar-refractivity contribution in [3.63, 3.8) is 0 Å². The summed E-state index contributed by atoms with van der Waals surface area (Å²) in [5.41, 5.74) is 2.60. The first-order valence-electron chi connectivity index (χ1n) is 9.92. The number of piperazine rings is 1. The molecule has 1 aliphatic heterocycles. The van der Waals surface area contributed by atoms with Crippen LogP contribution < -0.4 is 10.5 Å². The van der Waals surface area contributed by atoms with Crippen LogP contribution in [0.5, 0.6) is 0 Å². The van der Waals surface area contributed by atoms with Gasteiger partial charge in [0, 0.05) is 45.1 Å². The molecule has 2 aromatic carbocycles. The molecule has 4 rings (SSSR count). The first-order chi connectivity index (χ1) is 13.8. The zero-order chi connectivity index (χ0) is 19.3. The number of aromatic nitrogens is 2. The van der Waals surface area contributed by atoms with E-state index in [-0.39, 0.29) is 11.6 Å². The van der Waals surface area contributed by atoms with Gasteiger partial charge in [-0.25, -0.2) is 4.98 Å². The minimum atomic E-state index is 0.00104. The molecule has 1 saturated heterocycles. The Hall–Kier alpha value is -2.92. The van der Waals surface area contributed by atoms with Crippen molar-refractivity contribution in [2.24, 2.45) is 0 Å². The summed E-state index contributed by atoms with van der Waals surface area (Å²) in [6.07, 6.45) is 3.48. The summed E-state index contributed by atoms with van der Waals surface area (Å²) >= 11 is 0. The van der Waals surface area contributed by atoms with E-state index in [0.29, 0.717) is 12.4 Å². The fourth-order valence-corrected chi connectivity index (χ4v) is 3.98. The van der Waals surface area contributed by atoms with Gasteiger partial charge in [0.05, 0.1) is 6.04 Å². The zero-order valence-electron chi connectivity index (χ0n) is 16.2. The molecule has 2 heterocycles. The maximum atomic E-state index is 12.6. The Balaban J connectivity index is 1.56. The minimum absolute atomic E-state index is 0.00104. The van der Waals surface area contributed by atoms with E-state index in [4.69, 9.17) is 0 Å². The first-order valence-corrected chi connectivity index (χ1v) is 9.92. The average molecular weight is 374 g/mol. The molecule has 0 aliphatic carbocycles. The Morgan fingerprint density at radius 2 is 1.46 bits per heavy atom.